The minimum atomic E-state index is -1.00. The Kier molecular flexibility index (Phi) is 12.3. The molecule has 0 saturated carbocycles. The second-order valence-electron chi connectivity index (χ2n) is 12.0. The number of aryl methyl sites for hydroxylation is 2. The molecule has 0 fully saturated rings. The van der Waals surface area contributed by atoms with Crippen LogP contribution < -0.4 is 21.3 Å². The first-order valence-electron chi connectivity index (χ1n) is 16.5. The van der Waals surface area contributed by atoms with Gasteiger partial charge >= 0.3 is 0 Å². The molecular formula is C39H42N6O4. The Morgan fingerprint density at radius 2 is 1.24 bits per heavy atom. The fourth-order valence-corrected chi connectivity index (χ4v) is 5.75. The Hall–Kier alpha value is -5.77. The molecule has 3 atom stereocenters. The van der Waals surface area contributed by atoms with Crippen LogP contribution in [0.2, 0.25) is 0 Å². The molecule has 0 spiro atoms. The number of nitrogens with zero attached hydrogens (tertiary/aromatic N) is 1. The number of benzene rings is 4. The summed E-state index contributed by atoms with van der Waals surface area (Å²) in [6, 6.07) is 30.1. The third-order valence-corrected chi connectivity index (χ3v) is 8.44. The predicted octanol–water partition coefficient (Wildman–Crippen LogP) is 3.81. The van der Waals surface area contributed by atoms with Crippen LogP contribution >= 0.6 is 0 Å². The zero-order valence-corrected chi connectivity index (χ0v) is 27.5. The smallest absolute Gasteiger partial charge is 0.243 e. The van der Waals surface area contributed by atoms with Crippen molar-refractivity contribution >= 4 is 34.4 Å². The molecule has 5 aromatic rings. The van der Waals surface area contributed by atoms with Gasteiger partial charge in [-0.15, -0.1) is 0 Å². The molecule has 49 heavy (non-hydrogen) atoms. The topological polar surface area (TPSA) is 145 Å². The van der Waals surface area contributed by atoms with E-state index in [2.05, 4.69) is 31.2 Å². The normalized spacial score (nSPS) is 12.8. The quantitative estimate of drug-likeness (QED) is 0.110. The van der Waals surface area contributed by atoms with Crippen LogP contribution in [0.15, 0.2) is 116 Å². The molecule has 1 aromatic heterocycles. The van der Waals surface area contributed by atoms with Crippen molar-refractivity contribution in [2.45, 2.75) is 56.7 Å². The number of likely N-dealkylation sites (N-methyl/N-ethyl adjacent to an activating group) is 1. The van der Waals surface area contributed by atoms with Gasteiger partial charge in [0.2, 0.25) is 23.6 Å². The fraction of sp³-hybridized carbons (Fsp3) is 0.256. The van der Waals surface area contributed by atoms with Gasteiger partial charge in [0.15, 0.2) is 0 Å². The number of amides is 4. The van der Waals surface area contributed by atoms with Crippen molar-refractivity contribution in [2.24, 2.45) is 0 Å². The summed E-state index contributed by atoms with van der Waals surface area (Å²) in [5.41, 5.74) is 3.55. The monoisotopic (exact) mass is 658 g/mol. The highest BCUT2D eigenvalue weighted by Crippen LogP contribution is 2.17. The zero-order valence-electron chi connectivity index (χ0n) is 27.5. The highest BCUT2D eigenvalue weighted by molar-refractivity contribution is 5.94. The van der Waals surface area contributed by atoms with E-state index in [1.807, 2.05) is 103 Å². The lowest BCUT2D eigenvalue weighted by molar-refractivity contribution is -0.133. The van der Waals surface area contributed by atoms with Crippen LogP contribution in [-0.4, -0.2) is 58.8 Å². The Labute approximate surface area is 286 Å². The summed E-state index contributed by atoms with van der Waals surface area (Å²) in [4.78, 5) is 61.1. The van der Waals surface area contributed by atoms with Crippen LogP contribution in [0.25, 0.3) is 10.8 Å². The number of carbonyl (C=O) groups excluding carboxylic acids is 4. The SMILES string of the molecule is CNC(=O)[C@H](Cc1ccc2ccccc2c1)NC(=O)C(CCc1cnc[nH]1)NC(=O)[C@@H](Cc1ccccc1)NC(=O)CCc1ccccc1. The van der Waals surface area contributed by atoms with Gasteiger partial charge in [0.1, 0.15) is 18.1 Å². The molecular weight excluding hydrogens is 616 g/mol. The van der Waals surface area contributed by atoms with Gasteiger partial charge in [-0.25, -0.2) is 4.98 Å². The number of rotatable bonds is 16. The fourth-order valence-electron chi connectivity index (χ4n) is 5.75. The van der Waals surface area contributed by atoms with Crippen molar-refractivity contribution in [1.29, 1.82) is 0 Å². The summed E-state index contributed by atoms with van der Waals surface area (Å²) in [5, 5.41) is 13.4. The van der Waals surface area contributed by atoms with Crippen molar-refractivity contribution in [3.63, 3.8) is 0 Å². The Balaban J connectivity index is 1.32. The van der Waals surface area contributed by atoms with Crippen molar-refractivity contribution in [3.8, 4) is 0 Å². The summed E-state index contributed by atoms with van der Waals surface area (Å²) in [7, 11) is 1.52. The zero-order chi connectivity index (χ0) is 34.4. The third kappa shape index (κ3) is 10.4. The highest BCUT2D eigenvalue weighted by atomic mass is 16.2. The Morgan fingerprint density at radius 3 is 1.94 bits per heavy atom. The molecule has 5 rings (SSSR count). The maximum atomic E-state index is 13.9. The van der Waals surface area contributed by atoms with Crippen LogP contribution in [0.4, 0.5) is 0 Å². The highest BCUT2D eigenvalue weighted by Gasteiger charge is 2.30. The molecule has 10 heteroatoms. The van der Waals surface area contributed by atoms with E-state index in [0.29, 0.717) is 12.8 Å². The van der Waals surface area contributed by atoms with Gasteiger partial charge in [-0.05, 0) is 46.7 Å². The van der Waals surface area contributed by atoms with Crippen LogP contribution in [-0.2, 0) is 44.9 Å². The molecule has 10 nitrogen and oxygen atoms in total. The third-order valence-electron chi connectivity index (χ3n) is 8.44. The maximum Gasteiger partial charge on any atom is 0.243 e. The molecule has 0 aliphatic rings. The second kappa shape index (κ2) is 17.4. The Morgan fingerprint density at radius 1 is 0.633 bits per heavy atom. The van der Waals surface area contributed by atoms with E-state index < -0.39 is 29.9 Å². The molecule has 0 aliphatic heterocycles. The van der Waals surface area contributed by atoms with Crippen molar-refractivity contribution < 1.29 is 19.2 Å². The largest absolute Gasteiger partial charge is 0.357 e. The molecule has 1 unspecified atom stereocenters. The first-order chi connectivity index (χ1) is 23.9. The molecule has 5 N–H and O–H groups in total. The first kappa shape index (κ1) is 34.6. The minimum absolute atomic E-state index is 0.203. The van der Waals surface area contributed by atoms with Crippen molar-refractivity contribution in [2.75, 3.05) is 7.05 Å². The van der Waals surface area contributed by atoms with Gasteiger partial charge in [-0.2, -0.15) is 0 Å². The van der Waals surface area contributed by atoms with Crippen LogP contribution in [0.1, 0.15) is 35.2 Å². The molecule has 0 radical (unpaired) electrons. The second-order valence-corrected chi connectivity index (χ2v) is 12.0. The molecule has 4 amide bonds. The maximum absolute atomic E-state index is 13.9. The standard InChI is InChI=1S/C39H42N6O4/c1-40-37(47)34(24-29-16-18-30-14-8-9-15-31(30)22-29)45-38(48)33(20-19-32-25-41-26-42-32)44-39(49)35(23-28-12-6-3-7-13-28)43-36(46)21-17-27-10-4-2-5-11-27/h2-16,18,22,25-26,33-35H,17,19-21,23-24H2,1H3,(H,40,47)(H,41,42)(H,43,46)(H,44,49)(H,45,48)/t33?,34-,35+/m0/s1. The van der Waals surface area contributed by atoms with Gasteiger partial charge in [0.25, 0.3) is 0 Å². The van der Waals surface area contributed by atoms with E-state index in [9.17, 15) is 19.2 Å². The summed E-state index contributed by atoms with van der Waals surface area (Å²) in [6.07, 6.45) is 5.09. The summed E-state index contributed by atoms with van der Waals surface area (Å²) in [6.45, 7) is 0. The van der Waals surface area contributed by atoms with E-state index in [4.69, 9.17) is 0 Å². The molecule has 1 heterocycles. The van der Waals surface area contributed by atoms with E-state index >= 15 is 0 Å². The number of aromatic amines is 1. The summed E-state index contributed by atoms with van der Waals surface area (Å²) in [5.74, 6) is -1.62. The number of hydrogen-bond donors (Lipinski definition) is 5. The summed E-state index contributed by atoms with van der Waals surface area (Å²) >= 11 is 0. The van der Waals surface area contributed by atoms with E-state index in [0.717, 1.165) is 33.2 Å². The van der Waals surface area contributed by atoms with E-state index in [-0.39, 0.29) is 37.5 Å². The number of aromatic nitrogens is 2. The number of imidazole rings is 1. The van der Waals surface area contributed by atoms with Gasteiger partial charge in [-0.3, -0.25) is 19.2 Å². The van der Waals surface area contributed by atoms with Gasteiger partial charge in [-0.1, -0.05) is 103 Å². The van der Waals surface area contributed by atoms with Crippen molar-refractivity contribution in [3.05, 3.63) is 138 Å². The Bertz CT molecular complexity index is 1830. The number of fused-ring (bicyclic) bond motifs is 1. The number of hydrogen-bond acceptors (Lipinski definition) is 5. The molecule has 0 bridgehead atoms. The minimum Gasteiger partial charge on any atom is -0.357 e. The molecule has 252 valence electrons. The van der Waals surface area contributed by atoms with E-state index in [1.54, 1.807) is 12.5 Å². The van der Waals surface area contributed by atoms with E-state index in [1.165, 1.54) is 7.05 Å². The summed E-state index contributed by atoms with van der Waals surface area (Å²) < 4.78 is 0. The number of H-pyrrole nitrogens is 1. The average Bonchev–Trinajstić information content (AvgIpc) is 3.66. The number of nitrogens with one attached hydrogen (secondary N) is 5. The number of carbonyl (C=O) groups is 4. The lowest BCUT2D eigenvalue weighted by Crippen LogP contribution is -2.57. The van der Waals surface area contributed by atoms with Crippen molar-refractivity contribution in [1.82, 2.24) is 31.2 Å². The molecule has 0 aliphatic carbocycles. The van der Waals surface area contributed by atoms with Crippen LogP contribution in [0.3, 0.4) is 0 Å². The average molecular weight is 659 g/mol. The van der Waals surface area contributed by atoms with Crippen LogP contribution in [0.5, 0.6) is 0 Å². The molecule has 4 aromatic carbocycles. The first-order valence-corrected chi connectivity index (χ1v) is 16.5. The van der Waals surface area contributed by atoms with Gasteiger partial charge < -0.3 is 26.3 Å². The predicted molar refractivity (Wildman–Crippen MR) is 189 cm³/mol. The lowest BCUT2D eigenvalue weighted by atomic mass is 10.00. The van der Waals surface area contributed by atoms with Gasteiger partial charge in [0.05, 0.1) is 6.33 Å². The van der Waals surface area contributed by atoms with Crippen LogP contribution in [0, 0.1) is 0 Å². The lowest BCUT2D eigenvalue weighted by Gasteiger charge is -2.25. The van der Waals surface area contributed by atoms with Gasteiger partial charge in [0, 0.05) is 38.2 Å². The molecule has 0 saturated heterocycles.